The minimum absolute atomic E-state index is 1.00. The lowest BCUT2D eigenvalue weighted by molar-refractivity contribution is 1.29. The van der Waals surface area contributed by atoms with E-state index in [1.54, 1.807) is 5.19 Å². The monoisotopic (exact) mass is 190 g/mol. The first kappa shape index (κ1) is 10.3. The first-order chi connectivity index (χ1) is 6.05. The molecule has 0 aliphatic heterocycles. The molecule has 0 atom stereocenters. The average Bonchev–Trinajstić information content (AvgIpc) is 2.04. The van der Waals surface area contributed by atoms with Crippen LogP contribution in [0.5, 0.6) is 0 Å². The Morgan fingerprint density at radius 1 is 1.23 bits per heavy atom. The fourth-order valence-corrected chi connectivity index (χ4v) is 3.33. The standard InChI is InChI=1S/C12H18Si/c1-5-8-11-9-6-7-10-12(11)13(2,3)4/h5-7,9-10H,1,8H2,2-4H3. The third kappa shape index (κ3) is 2.56. The zero-order valence-corrected chi connectivity index (χ0v) is 9.80. The molecule has 0 spiro atoms. The molecular formula is C12H18Si. The molecule has 1 heteroatoms. The van der Waals surface area contributed by atoms with Crippen LogP contribution in [0.3, 0.4) is 0 Å². The maximum Gasteiger partial charge on any atom is 0.0779 e. The highest BCUT2D eigenvalue weighted by atomic mass is 28.3. The van der Waals surface area contributed by atoms with Crippen LogP contribution < -0.4 is 5.19 Å². The molecule has 0 fully saturated rings. The summed E-state index contributed by atoms with van der Waals surface area (Å²) in [5.74, 6) is 0. The van der Waals surface area contributed by atoms with E-state index < -0.39 is 8.07 Å². The summed E-state index contributed by atoms with van der Waals surface area (Å²) in [4.78, 5) is 0. The van der Waals surface area contributed by atoms with Crippen LogP contribution >= 0.6 is 0 Å². The normalized spacial score (nSPS) is 11.3. The Kier molecular flexibility index (Phi) is 3.10. The van der Waals surface area contributed by atoms with Gasteiger partial charge in [0.15, 0.2) is 0 Å². The molecule has 0 N–H and O–H groups in total. The van der Waals surface area contributed by atoms with Crippen LogP contribution in [0.25, 0.3) is 0 Å². The van der Waals surface area contributed by atoms with Crippen LogP contribution in [0.2, 0.25) is 19.6 Å². The molecule has 1 aromatic rings. The van der Waals surface area contributed by atoms with E-state index in [-0.39, 0.29) is 0 Å². The molecule has 0 bridgehead atoms. The van der Waals surface area contributed by atoms with Gasteiger partial charge in [0.1, 0.15) is 0 Å². The van der Waals surface area contributed by atoms with Gasteiger partial charge in [-0.3, -0.25) is 0 Å². The highest BCUT2D eigenvalue weighted by Gasteiger charge is 2.18. The molecule has 0 nitrogen and oxygen atoms in total. The topological polar surface area (TPSA) is 0 Å². The molecule has 1 aromatic carbocycles. The lowest BCUT2D eigenvalue weighted by Gasteiger charge is -2.20. The Balaban J connectivity index is 3.11. The summed E-state index contributed by atoms with van der Waals surface area (Å²) in [6, 6.07) is 8.74. The predicted molar refractivity (Wildman–Crippen MR) is 63.3 cm³/mol. The van der Waals surface area contributed by atoms with E-state index in [1.807, 2.05) is 6.08 Å². The molecule has 0 heterocycles. The number of hydrogen-bond acceptors (Lipinski definition) is 0. The Bertz CT molecular complexity index is 294. The van der Waals surface area contributed by atoms with Gasteiger partial charge in [-0.1, -0.05) is 55.2 Å². The van der Waals surface area contributed by atoms with Crippen molar-refractivity contribution in [3.8, 4) is 0 Å². The maximum absolute atomic E-state index is 3.79. The van der Waals surface area contributed by atoms with Gasteiger partial charge < -0.3 is 0 Å². The molecule has 0 unspecified atom stereocenters. The van der Waals surface area contributed by atoms with E-state index in [0.29, 0.717) is 0 Å². The second-order valence-corrected chi connectivity index (χ2v) is 9.44. The molecule has 13 heavy (non-hydrogen) atoms. The Hall–Kier alpha value is -0.823. The SMILES string of the molecule is C=CCc1ccccc1[Si](C)(C)C. The van der Waals surface area contributed by atoms with Crippen LogP contribution in [-0.4, -0.2) is 8.07 Å². The third-order valence-corrected chi connectivity index (χ3v) is 4.29. The molecule has 0 aromatic heterocycles. The van der Waals surface area contributed by atoms with E-state index in [4.69, 9.17) is 0 Å². The summed E-state index contributed by atoms with van der Waals surface area (Å²) in [6.45, 7) is 10.9. The lowest BCUT2D eigenvalue weighted by atomic mass is 10.1. The quantitative estimate of drug-likeness (QED) is 0.508. The van der Waals surface area contributed by atoms with Gasteiger partial charge in [0, 0.05) is 0 Å². The Labute approximate surface area is 82.3 Å². The Morgan fingerprint density at radius 3 is 2.38 bits per heavy atom. The molecule has 0 amide bonds. The number of allylic oxidation sites excluding steroid dienone is 1. The summed E-state index contributed by atoms with van der Waals surface area (Å²) < 4.78 is 0. The van der Waals surface area contributed by atoms with Gasteiger partial charge in [0.25, 0.3) is 0 Å². The zero-order valence-electron chi connectivity index (χ0n) is 8.80. The van der Waals surface area contributed by atoms with Crippen molar-refractivity contribution in [2.24, 2.45) is 0 Å². The van der Waals surface area contributed by atoms with Gasteiger partial charge in [-0.15, -0.1) is 6.58 Å². The average molecular weight is 190 g/mol. The van der Waals surface area contributed by atoms with Gasteiger partial charge in [-0.25, -0.2) is 0 Å². The van der Waals surface area contributed by atoms with E-state index >= 15 is 0 Å². The molecule has 0 saturated carbocycles. The molecule has 0 aliphatic rings. The number of hydrogen-bond donors (Lipinski definition) is 0. The van der Waals surface area contributed by atoms with Crippen molar-refractivity contribution in [2.75, 3.05) is 0 Å². The van der Waals surface area contributed by atoms with E-state index in [2.05, 4.69) is 50.5 Å². The summed E-state index contributed by atoms with van der Waals surface area (Å²) in [6.07, 6.45) is 2.99. The summed E-state index contributed by atoms with van der Waals surface area (Å²) in [5, 5.41) is 1.56. The summed E-state index contributed by atoms with van der Waals surface area (Å²) in [5.41, 5.74) is 1.46. The molecule has 0 saturated heterocycles. The van der Waals surface area contributed by atoms with Crippen molar-refractivity contribution in [1.82, 2.24) is 0 Å². The van der Waals surface area contributed by atoms with E-state index in [1.165, 1.54) is 5.56 Å². The van der Waals surface area contributed by atoms with Crippen LogP contribution in [0.15, 0.2) is 36.9 Å². The summed E-state index contributed by atoms with van der Waals surface area (Å²) >= 11 is 0. The van der Waals surface area contributed by atoms with Crippen LogP contribution in [-0.2, 0) is 6.42 Å². The first-order valence-corrected chi connectivity index (χ1v) is 8.25. The zero-order chi connectivity index (χ0) is 9.90. The molecule has 70 valence electrons. The largest absolute Gasteiger partial charge is 0.103 e. The van der Waals surface area contributed by atoms with Crippen molar-refractivity contribution in [1.29, 1.82) is 0 Å². The van der Waals surface area contributed by atoms with Crippen LogP contribution in [0.1, 0.15) is 5.56 Å². The number of rotatable bonds is 3. The smallest absolute Gasteiger partial charge is 0.0779 e. The van der Waals surface area contributed by atoms with Crippen LogP contribution in [0.4, 0.5) is 0 Å². The van der Waals surface area contributed by atoms with E-state index in [9.17, 15) is 0 Å². The summed E-state index contributed by atoms with van der Waals surface area (Å²) in [7, 11) is -1.16. The fraction of sp³-hybridized carbons (Fsp3) is 0.333. The van der Waals surface area contributed by atoms with Crippen molar-refractivity contribution < 1.29 is 0 Å². The van der Waals surface area contributed by atoms with E-state index in [0.717, 1.165) is 6.42 Å². The molecular weight excluding hydrogens is 172 g/mol. The Morgan fingerprint density at radius 2 is 1.85 bits per heavy atom. The molecule has 0 aliphatic carbocycles. The third-order valence-electron chi connectivity index (χ3n) is 2.19. The highest BCUT2D eigenvalue weighted by molar-refractivity contribution is 6.89. The molecule has 0 radical (unpaired) electrons. The van der Waals surface area contributed by atoms with Crippen molar-refractivity contribution in [3.63, 3.8) is 0 Å². The maximum atomic E-state index is 3.79. The van der Waals surface area contributed by atoms with Gasteiger partial charge in [0.05, 0.1) is 8.07 Å². The second kappa shape index (κ2) is 3.92. The van der Waals surface area contributed by atoms with Crippen molar-refractivity contribution >= 4 is 13.3 Å². The minimum Gasteiger partial charge on any atom is -0.103 e. The first-order valence-electron chi connectivity index (χ1n) is 4.75. The van der Waals surface area contributed by atoms with Crippen molar-refractivity contribution in [2.45, 2.75) is 26.1 Å². The van der Waals surface area contributed by atoms with Crippen molar-refractivity contribution in [3.05, 3.63) is 42.5 Å². The van der Waals surface area contributed by atoms with Gasteiger partial charge >= 0.3 is 0 Å². The lowest BCUT2D eigenvalue weighted by Crippen LogP contribution is -2.39. The van der Waals surface area contributed by atoms with Gasteiger partial charge in [-0.2, -0.15) is 0 Å². The van der Waals surface area contributed by atoms with Gasteiger partial charge in [-0.05, 0) is 12.0 Å². The second-order valence-electron chi connectivity index (χ2n) is 4.40. The van der Waals surface area contributed by atoms with Gasteiger partial charge in [0.2, 0.25) is 0 Å². The predicted octanol–water partition coefficient (Wildman–Crippen LogP) is 2.96. The van der Waals surface area contributed by atoms with Crippen LogP contribution in [0, 0.1) is 0 Å². The fourth-order valence-electron chi connectivity index (χ4n) is 1.59. The molecule has 1 rings (SSSR count). The highest BCUT2D eigenvalue weighted by Crippen LogP contribution is 2.07. The number of benzene rings is 1. The minimum atomic E-state index is -1.16.